The Labute approximate surface area is 203 Å². The molecule has 0 saturated carbocycles. The third kappa shape index (κ3) is 3.35. The number of hydrogen-bond donors (Lipinski definition) is 2. The number of Topliss-reactive ketones (excluding diaryl/α,β-unsaturated/α-hetero) is 1. The molecule has 3 aromatic rings. The molecule has 5 heteroatoms. The number of amides is 2. The summed E-state index contributed by atoms with van der Waals surface area (Å²) in [7, 11) is 0. The van der Waals surface area contributed by atoms with Crippen LogP contribution in [-0.2, 0) is 4.79 Å². The van der Waals surface area contributed by atoms with E-state index in [1.807, 2.05) is 42.5 Å². The number of fused-ring (bicyclic) bond motifs is 2. The lowest BCUT2D eigenvalue weighted by Gasteiger charge is -2.29. The second-order valence-corrected chi connectivity index (χ2v) is 9.29. The number of rotatable bonds is 4. The van der Waals surface area contributed by atoms with Crippen molar-refractivity contribution < 1.29 is 14.4 Å². The van der Waals surface area contributed by atoms with Crippen LogP contribution < -0.4 is 11.1 Å². The molecule has 0 aromatic heterocycles. The average molecular weight is 461 g/mol. The molecule has 1 unspecified atom stereocenters. The second kappa shape index (κ2) is 8.20. The number of carbonyl (C=O) groups is 3. The first-order chi connectivity index (χ1) is 17.0. The van der Waals surface area contributed by atoms with Gasteiger partial charge in [0.25, 0.3) is 5.91 Å². The van der Waals surface area contributed by atoms with E-state index in [1.165, 1.54) is 23.3 Å². The summed E-state index contributed by atoms with van der Waals surface area (Å²) < 4.78 is 0. The zero-order valence-corrected chi connectivity index (χ0v) is 19.1. The Kier molecular flexibility index (Phi) is 4.99. The molecule has 0 saturated heterocycles. The highest BCUT2D eigenvalue weighted by atomic mass is 16.2. The number of carbonyl (C=O) groups excluding carboxylic acids is 3. The molecular formula is C30H24N2O3. The van der Waals surface area contributed by atoms with Crippen LogP contribution in [0.1, 0.15) is 74.6 Å². The molecule has 172 valence electrons. The van der Waals surface area contributed by atoms with E-state index in [-0.39, 0.29) is 17.6 Å². The standard InChI is InChI=1S/C30H24N2O3/c31-29(34)18-13-15-19(16-14-18)30(35)32-27-23-12-6-11-21-20-9-4-5-10-22(20)26(25(21)23)28(33)24(27)17-7-2-1-3-8-17/h1-3,6-8,11-16,26H,4-5,9-10H2,(H2,31,34)(H,32,35). The largest absolute Gasteiger partial charge is 0.366 e. The van der Waals surface area contributed by atoms with Gasteiger partial charge >= 0.3 is 0 Å². The van der Waals surface area contributed by atoms with Crippen LogP contribution in [0.25, 0.3) is 16.8 Å². The van der Waals surface area contributed by atoms with Crippen LogP contribution in [0.3, 0.4) is 0 Å². The van der Waals surface area contributed by atoms with Gasteiger partial charge in [0, 0.05) is 22.3 Å². The van der Waals surface area contributed by atoms with Crippen LogP contribution >= 0.6 is 0 Å². The van der Waals surface area contributed by atoms with Crippen LogP contribution in [-0.4, -0.2) is 17.6 Å². The summed E-state index contributed by atoms with van der Waals surface area (Å²) in [5.41, 5.74) is 13.6. The van der Waals surface area contributed by atoms with Crippen LogP contribution in [0.5, 0.6) is 0 Å². The zero-order chi connectivity index (χ0) is 24.1. The van der Waals surface area contributed by atoms with Crippen LogP contribution in [0, 0.1) is 0 Å². The van der Waals surface area contributed by atoms with Crippen molar-refractivity contribution in [3.8, 4) is 0 Å². The first kappa shape index (κ1) is 21.3. The van der Waals surface area contributed by atoms with Gasteiger partial charge in [-0.05, 0) is 72.2 Å². The van der Waals surface area contributed by atoms with E-state index < -0.39 is 5.91 Å². The van der Waals surface area contributed by atoms with Crippen molar-refractivity contribution in [3.05, 3.63) is 112 Å². The Morgan fingerprint density at radius 2 is 1.49 bits per heavy atom. The van der Waals surface area contributed by atoms with Crippen molar-refractivity contribution in [3.63, 3.8) is 0 Å². The number of hydrogen-bond acceptors (Lipinski definition) is 3. The van der Waals surface area contributed by atoms with E-state index in [9.17, 15) is 14.4 Å². The summed E-state index contributed by atoms with van der Waals surface area (Å²) in [6.07, 6.45) is 4.16. The van der Waals surface area contributed by atoms with E-state index in [1.54, 1.807) is 12.1 Å². The number of ketones is 1. The van der Waals surface area contributed by atoms with Gasteiger partial charge in [0.2, 0.25) is 5.91 Å². The van der Waals surface area contributed by atoms with Crippen LogP contribution in [0.4, 0.5) is 0 Å². The fraction of sp³-hybridized carbons (Fsp3) is 0.167. The lowest BCUT2D eigenvalue weighted by molar-refractivity contribution is -0.114. The first-order valence-corrected chi connectivity index (χ1v) is 12.0. The summed E-state index contributed by atoms with van der Waals surface area (Å²) in [6.45, 7) is 0. The molecule has 0 heterocycles. The zero-order valence-electron chi connectivity index (χ0n) is 19.1. The number of benzene rings is 3. The Bertz CT molecular complexity index is 1460. The molecule has 0 radical (unpaired) electrons. The van der Waals surface area contributed by atoms with E-state index in [0.29, 0.717) is 22.4 Å². The Morgan fingerprint density at radius 3 is 2.23 bits per heavy atom. The third-order valence-corrected chi connectivity index (χ3v) is 7.34. The summed E-state index contributed by atoms with van der Waals surface area (Å²) in [6, 6.07) is 21.9. The van der Waals surface area contributed by atoms with Crippen molar-refractivity contribution in [1.29, 1.82) is 0 Å². The van der Waals surface area contributed by atoms with Gasteiger partial charge < -0.3 is 11.1 Å². The predicted molar refractivity (Wildman–Crippen MR) is 135 cm³/mol. The molecule has 0 bridgehead atoms. The van der Waals surface area contributed by atoms with Gasteiger partial charge in [-0.25, -0.2) is 0 Å². The van der Waals surface area contributed by atoms with Gasteiger partial charge in [-0.2, -0.15) is 0 Å². The fourth-order valence-electron chi connectivity index (χ4n) is 5.77. The molecule has 0 aliphatic heterocycles. The fourth-order valence-corrected chi connectivity index (χ4v) is 5.77. The van der Waals surface area contributed by atoms with Crippen molar-refractivity contribution in [2.75, 3.05) is 0 Å². The molecule has 3 N–H and O–H groups in total. The summed E-state index contributed by atoms with van der Waals surface area (Å²) in [4.78, 5) is 38.9. The molecule has 3 aliphatic carbocycles. The van der Waals surface area contributed by atoms with Gasteiger partial charge in [-0.15, -0.1) is 0 Å². The lowest BCUT2D eigenvalue weighted by Crippen LogP contribution is -2.30. The maximum absolute atomic E-state index is 14.2. The van der Waals surface area contributed by atoms with Gasteiger partial charge in [0.1, 0.15) is 0 Å². The Balaban J connectivity index is 1.51. The first-order valence-electron chi connectivity index (χ1n) is 12.0. The van der Waals surface area contributed by atoms with Gasteiger partial charge in [-0.1, -0.05) is 54.1 Å². The average Bonchev–Trinajstić information content (AvgIpc) is 3.23. The maximum atomic E-state index is 14.2. The molecule has 0 fully saturated rings. The highest BCUT2D eigenvalue weighted by molar-refractivity contribution is 6.34. The SMILES string of the molecule is NC(=O)c1ccc(C(=O)NC2=C(c3ccccc3)C(=O)C3C4=C(CCCC4)c4cccc2c43)cc1. The molecule has 3 aromatic carbocycles. The van der Waals surface area contributed by atoms with E-state index in [2.05, 4.69) is 11.4 Å². The number of primary amides is 1. The molecular weight excluding hydrogens is 436 g/mol. The van der Waals surface area contributed by atoms with E-state index >= 15 is 0 Å². The smallest absolute Gasteiger partial charge is 0.255 e. The molecule has 5 nitrogen and oxygen atoms in total. The van der Waals surface area contributed by atoms with Crippen LogP contribution in [0.15, 0.2) is 78.4 Å². The van der Waals surface area contributed by atoms with Gasteiger partial charge in [0.15, 0.2) is 5.78 Å². The van der Waals surface area contributed by atoms with E-state index in [0.717, 1.165) is 47.9 Å². The Morgan fingerprint density at radius 1 is 0.800 bits per heavy atom. The number of allylic oxidation sites excluding steroid dienone is 3. The quantitative estimate of drug-likeness (QED) is 0.568. The minimum atomic E-state index is -0.550. The summed E-state index contributed by atoms with van der Waals surface area (Å²) >= 11 is 0. The van der Waals surface area contributed by atoms with Crippen molar-refractivity contribution >= 4 is 34.4 Å². The highest BCUT2D eigenvalue weighted by Gasteiger charge is 2.44. The van der Waals surface area contributed by atoms with Gasteiger partial charge in [-0.3, -0.25) is 14.4 Å². The van der Waals surface area contributed by atoms with Crippen molar-refractivity contribution in [1.82, 2.24) is 5.32 Å². The molecule has 3 aliphatic rings. The second-order valence-electron chi connectivity index (χ2n) is 9.29. The third-order valence-electron chi connectivity index (χ3n) is 7.34. The number of nitrogens with one attached hydrogen (secondary N) is 1. The predicted octanol–water partition coefficient (Wildman–Crippen LogP) is 5.09. The molecule has 1 atom stereocenters. The lowest BCUT2D eigenvalue weighted by atomic mass is 9.75. The molecule has 0 spiro atoms. The Hall–Kier alpha value is -4.25. The molecule has 35 heavy (non-hydrogen) atoms. The maximum Gasteiger partial charge on any atom is 0.255 e. The molecule has 6 rings (SSSR count). The van der Waals surface area contributed by atoms with Crippen molar-refractivity contribution in [2.45, 2.75) is 31.6 Å². The van der Waals surface area contributed by atoms with E-state index in [4.69, 9.17) is 5.73 Å². The van der Waals surface area contributed by atoms with Gasteiger partial charge in [0.05, 0.1) is 11.6 Å². The normalized spacial score (nSPS) is 18.3. The summed E-state index contributed by atoms with van der Waals surface area (Å²) in [5.74, 6) is -1.13. The molecule has 2 amide bonds. The summed E-state index contributed by atoms with van der Waals surface area (Å²) in [5, 5.41) is 3.06. The topological polar surface area (TPSA) is 89.3 Å². The number of nitrogens with two attached hydrogens (primary N) is 1. The minimum absolute atomic E-state index is 0.0439. The van der Waals surface area contributed by atoms with Crippen molar-refractivity contribution in [2.24, 2.45) is 5.73 Å². The highest BCUT2D eigenvalue weighted by Crippen LogP contribution is 2.55. The van der Waals surface area contributed by atoms with Crippen LogP contribution in [0.2, 0.25) is 0 Å². The minimum Gasteiger partial charge on any atom is -0.366 e. The monoisotopic (exact) mass is 460 g/mol.